The summed E-state index contributed by atoms with van der Waals surface area (Å²) in [6.45, 7) is 3.89. The summed E-state index contributed by atoms with van der Waals surface area (Å²) in [5.41, 5.74) is 1.62. The molecular weight excluding hydrogens is 356 g/mol. The maximum atomic E-state index is 12.4. The molecule has 0 aromatic heterocycles. The molecule has 1 heterocycles. The third kappa shape index (κ3) is 5.49. The Morgan fingerprint density at radius 1 is 1.07 bits per heavy atom. The van der Waals surface area contributed by atoms with Crippen molar-refractivity contribution in [2.24, 2.45) is 0 Å². The second kappa shape index (κ2) is 9.78. The maximum absolute atomic E-state index is 12.4. The summed E-state index contributed by atoms with van der Waals surface area (Å²) >= 11 is 0. The Morgan fingerprint density at radius 3 is 2.54 bits per heavy atom. The van der Waals surface area contributed by atoms with Crippen molar-refractivity contribution in [1.29, 1.82) is 0 Å². The van der Waals surface area contributed by atoms with Crippen LogP contribution in [0.3, 0.4) is 0 Å². The van der Waals surface area contributed by atoms with E-state index in [2.05, 4.69) is 5.32 Å². The molecule has 0 unspecified atom stereocenters. The van der Waals surface area contributed by atoms with Gasteiger partial charge in [0.25, 0.3) is 5.91 Å². The van der Waals surface area contributed by atoms with E-state index in [1.165, 1.54) is 0 Å². The zero-order chi connectivity index (χ0) is 19.8. The molecule has 1 fully saturated rings. The van der Waals surface area contributed by atoms with Crippen molar-refractivity contribution in [3.63, 3.8) is 0 Å². The van der Waals surface area contributed by atoms with Crippen molar-refractivity contribution < 1.29 is 19.1 Å². The lowest BCUT2D eigenvalue weighted by atomic mass is 10.1. The number of hydrogen-bond donors (Lipinski definition) is 1. The fourth-order valence-corrected chi connectivity index (χ4v) is 3.15. The number of nitrogens with one attached hydrogen (secondary N) is 1. The number of carbonyl (C=O) groups is 2. The largest absolute Gasteiger partial charge is 0.490 e. The second-order valence-corrected chi connectivity index (χ2v) is 6.70. The van der Waals surface area contributed by atoms with Crippen molar-refractivity contribution in [2.45, 2.75) is 32.4 Å². The molecule has 2 amide bonds. The van der Waals surface area contributed by atoms with E-state index < -0.39 is 0 Å². The monoisotopic (exact) mass is 382 g/mol. The van der Waals surface area contributed by atoms with Gasteiger partial charge in [-0.15, -0.1) is 0 Å². The minimum atomic E-state index is -0.266. The number of rotatable bonds is 6. The van der Waals surface area contributed by atoms with E-state index in [1.54, 1.807) is 24.0 Å². The molecule has 0 aliphatic carbocycles. The summed E-state index contributed by atoms with van der Waals surface area (Å²) in [6, 6.07) is 17.0. The first-order valence-electron chi connectivity index (χ1n) is 9.66. The number of ether oxygens (including phenoxy) is 2. The summed E-state index contributed by atoms with van der Waals surface area (Å²) in [4.78, 5) is 25.9. The Kier molecular flexibility index (Phi) is 6.89. The molecule has 0 bridgehead atoms. The number of piperidine rings is 1. The van der Waals surface area contributed by atoms with Crippen molar-refractivity contribution >= 4 is 12.0 Å². The molecule has 3 rings (SSSR count). The summed E-state index contributed by atoms with van der Waals surface area (Å²) < 4.78 is 11.1. The maximum Gasteiger partial charge on any atom is 0.409 e. The number of amides is 2. The predicted octanol–water partition coefficient (Wildman–Crippen LogP) is 3.62. The predicted molar refractivity (Wildman–Crippen MR) is 106 cm³/mol. The van der Waals surface area contributed by atoms with Gasteiger partial charge in [0.05, 0.1) is 6.61 Å². The molecule has 0 spiro atoms. The Morgan fingerprint density at radius 2 is 1.82 bits per heavy atom. The van der Waals surface area contributed by atoms with Crippen LogP contribution in [0.2, 0.25) is 0 Å². The van der Waals surface area contributed by atoms with Gasteiger partial charge in [-0.2, -0.15) is 0 Å². The van der Waals surface area contributed by atoms with Crippen LogP contribution >= 0.6 is 0 Å². The molecule has 1 aliphatic heterocycles. The lowest BCUT2D eigenvalue weighted by Gasteiger charge is -2.31. The van der Waals surface area contributed by atoms with Crippen LogP contribution in [0.5, 0.6) is 5.75 Å². The molecule has 1 saturated heterocycles. The van der Waals surface area contributed by atoms with Crippen LogP contribution in [-0.2, 0) is 11.3 Å². The number of benzene rings is 2. The fraction of sp³-hybridized carbons (Fsp3) is 0.364. The number of nitrogens with zero attached hydrogens (tertiary/aromatic N) is 1. The van der Waals surface area contributed by atoms with Gasteiger partial charge in [-0.3, -0.25) is 4.79 Å². The van der Waals surface area contributed by atoms with Gasteiger partial charge in [0.1, 0.15) is 11.9 Å². The van der Waals surface area contributed by atoms with Gasteiger partial charge in [-0.1, -0.05) is 36.4 Å². The zero-order valence-electron chi connectivity index (χ0n) is 16.1. The summed E-state index contributed by atoms with van der Waals surface area (Å²) in [5.74, 6) is 0.536. The minimum Gasteiger partial charge on any atom is -0.490 e. The van der Waals surface area contributed by atoms with Crippen LogP contribution in [0.4, 0.5) is 4.79 Å². The molecule has 0 radical (unpaired) electrons. The van der Waals surface area contributed by atoms with Gasteiger partial charge in [-0.25, -0.2) is 4.79 Å². The molecule has 2 aromatic rings. The van der Waals surface area contributed by atoms with Gasteiger partial charge >= 0.3 is 6.09 Å². The summed E-state index contributed by atoms with van der Waals surface area (Å²) in [6.07, 6.45) is 1.23. The number of carbonyl (C=O) groups excluding carboxylic acids is 2. The molecule has 0 saturated carbocycles. The van der Waals surface area contributed by atoms with Gasteiger partial charge in [0.15, 0.2) is 0 Å². The molecule has 1 N–H and O–H groups in total. The van der Waals surface area contributed by atoms with Crippen LogP contribution in [-0.4, -0.2) is 42.7 Å². The van der Waals surface area contributed by atoms with Crippen LogP contribution in [0.1, 0.15) is 35.7 Å². The van der Waals surface area contributed by atoms with Crippen LogP contribution in [0.25, 0.3) is 0 Å². The van der Waals surface area contributed by atoms with E-state index in [4.69, 9.17) is 9.47 Å². The van der Waals surface area contributed by atoms with Crippen molar-refractivity contribution in [3.8, 4) is 5.75 Å². The molecular formula is C22H26N2O4. The molecule has 6 nitrogen and oxygen atoms in total. The lowest BCUT2D eigenvalue weighted by molar-refractivity contribution is 0.0701. The third-order valence-corrected chi connectivity index (χ3v) is 4.66. The molecule has 2 aromatic carbocycles. The van der Waals surface area contributed by atoms with Crippen molar-refractivity contribution in [3.05, 3.63) is 65.7 Å². The van der Waals surface area contributed by atoms with Gasteiger partial charge < -0.3 is 19.7 Å². The van der Waals surface area contributed by atoms with E-state index in [0.29, 0.717) is 37.6 Å². The highest BCUT2D eigenvalue weighted by Gasteiger charge is 2.24. The molecule has 148 valence electrons. The van der Waals surface area contributed by atoms with Gasteiger partial charge in [0.2, 0.25) is 0 Å². The van der Waals surface area contributed by atoms with E-state index in [0.717, 1.165) is 18.4 Å². The van der Waals surface area contributed by atoms with Gasteiger partial charge in [0, 0.05) is 38.0 Å². The summed E-state index contributed by atoms with van der Waals surface area (Å²) in [7, 11) is 0. The summed E-state index contributed by atoms with van der Waals surface area (Å²) in [5, 5.41) is 2.92. The Labute approximate surface area is 165 Å². The quantitative estimate of drug-likeness (QED) is 0.829. The van der Waals surface area contributed by atoms with Crippen molar-refractivity contribution in [1.82, 2.24) is 10.2 Å². The first kappa shape index (κ1) is 19.7. The van der Waals surface area contributed by atoms with E-state index in [-0.39, 0.29) is 18.1 Å². The molecule has 28 heavy (non-hydrogen) atoms. The van der Waals surface area contributed by atoms with Crippen LogP contribution in [0, 0.1) is 0 Å². The first-order valence-corrected chi connectivity index (χ1v) is 9.66. The Balaban J connectivity index is 1.51. The molecule has 0 atom stereocenters. The highest BCUT2D eigenvalue weighted by atomic mass is 16.6. The Hall–Kier alpha value is -3.02. The third-order valence-electron chi connectivity index (χ3n) is 4.66. The lowest BCUT2D eigenvalue weighted by Crippen LogP contribution is -2.42. The standard InChI is InChI=1S/C22H26N2O4/c1-2-27-22(26)24-13-11-19(12-14-24)28-20-10-6-9-18(15-20)21(25)23-16-17-7-4-3-5-8-17/h3-10,15,19H,2,11-14,16H2,1H3,(H,23,25). The number of likely N-dealkylation sites (tertiary alicyclic amines) is 1. The van der Waals surface area contributed by atoms with Crippen LogP contribution in [0.15, 0.2) is 54.6 Å². The number of hydrogen-bond acceptors (Lipinski definition) is 4. The van der Waals surface area contributed by atoms with E-state index >= 15 is 0 Å². The van der Waals surface area contributed by atoms with E-state index in [1.807, 2.05) is 42.5 Å². The highest BCUT2D eigenvalue weighted by molar-refractivity contribution is 5.94. The molecule has 6 heteroatoms. The zero-order valence-corrected chi connectivity index (χ0v) is 16.1. The average Bonchev–Trinajstić information content (AvgIpc) is 2.73. The topological polar surface area (TPSA) is 67.9 Å². The highest BCUT2D eigenvalue weighted by Crippen LogP contribution is 2.20. The van der Waals surface area contributed by atoms with E-state index in [9.17, 15) is 9.59 Å². The van der Waals surface area contributed by atoms with Crippen LogP contribution < -0.4 is 10.1 Å². The smallest absolute Gasteiger partial charge is 0.409 e. The van der Waals surface area contributed by atoms with Crippen molar-refractivity contribution in [2.75, 3.05) is 19.7 Å². The first-order chi connectivity index (χ1) is 13.7. The molecule has 1 aliphatic rings. The second-order valence-electron chi connectivity index (χ2n) is 6.70. The normalized spacial score (nSPS) is 14.4. The van der Waals surface area contributed by atoms with Gasteiger partial charge in [-0.05, 0) is 30.7 Å². The fourth-order valence-electron chi connectivity index (χ4n) is 3.15. The average molecular weight is 382 g/mol. The SMILES string of the molecule is CCOC(=O)N1CCC(Oc2cccc(C(=O)NCc3ccccc3)c2)CC1. The Bertz CT molecular complexity index is 786. The minimum absolute atomic E-state index is 0.0216.